The first-order valence-electron chi connectivity index (χ1n) is 9.24. The van der Waals surface area contributed by atoms with Gasteiger partial charge in [0.25, 0.3) is 5.56 Å². The Balaban J connectivity index is 1.92. The predicted molar refractivity (Wildman–Crippen MR) is 105 cm³/mol. The normalized spacial score (nSPS) is 13.8. The van der Waals surface area contributed by atoms with Crippen LogP contribution in [-0.4, -0.2) is 36.4 Å². The van der Waals surface area contributed by atoms with E-state index in [1.54, 1.807) is 18.2 Å². The molecule has 1 aromatic carbocycles. The van der Waals surface area contributed by atoms with E-state index in [1.165, 1.54) is 20.1 Å². The molecule has 3 heterocycles. The van der Waals surface area contributed by atoms with Crippen molar-refractivity contribution in [2.24, 2.45) is 0 Å². The molecule has 9 nitrogen and oxygen atoms in total. The fourth-order valence-corrected chi connectivity index (χ4v) is 3.56. The molecule has 0 bridgehead atoms. The van der Waals surface area contributed by atoms with Gasteiger partial charge in [-0.2, -0.15) is 0 Å². The van der Waals surface area contributed by atoms with Crippen molar-refractivity contribution >= 4 is 16.9 Å². The molecular formula is C21H19NO8. The number of aromatic nitrogens is 1. The highest BCUT2D eigenvalue weighted by atomic mass is 16.6. The Hall–Kier alpha value is -3.75. The van der Waals surface area contributed by atoms with Crippen LogP contribution in [0.5, 0.6) is 17.2 Å². The lowest BCUT2D eigenvalue weighted by Gasteiger charge is -2.20. The average Bonchev–Trinajstić information content (AvgIpc) is 2.70. The number of rotatable bonds is 4. The monoisotopic (exact) mass is 413 g/mol. The number of fused-ring (bicyclic) bond motifs is 2. The minimum atomic E-state index is -1.07. The zero-order valence-corrected chi connectivity index (χ0v) is 16.3. The van der Waals surface area contributed by atoms with Gasteiger partial charge in [-0.3, -0.25) is 9.59 Å². The van der Waals surface area contributed by atoms with Gasteiger partial charge >= 0.3 is 11.6 Å². The van der Waals surface area contributed by atoms with Crippen molar-refractivity contribution in [2.45, 2.75) is 19.3 Å². The van der Waals surface area contributed by atoms with E-state index < -0.39 is 23.1 Å². The summed E-state index contributed by atoms with van der Waals surface area (Å²) >= 11 is 0. The molecule has 156 valence electrons. The van der Waals surface area contributed by atoms with Gasteiger partial charge in [-0.05, 0) is 19.1 Å². The molecule has 4 rings (SSSR count). The Labute approximate surface area is 169 Å². The first-order valence-corrected chi connectivity index (χ1v) is 9.24. The Morgan fingerprint density at radius 2 is 1.87 bits per heavy atom. The summed E-state index contributed by atoms with van der Waals surface area (Å²) in [5.41, 5.74) is -0.926. The van der Waals surface area contributed by atoms with Crippen LogP contribution in [0, 0.1) is 6.92 Å². The summed E-state index contributed by atoms with van der Waals surface area (Å²) in [7, 11) is 1.20. The van der Waals surface area contributed by atoms with Gasteiger partial charge in [0.15, 0.2) is 11.5 Å². The van der Waals surface area contributed by atoms with Gasteiger partial charge in [0.05, 0.1) is 24.6 Å². The summed E-state index contributed by atoms with van der Waals surface area (Å²) in [6.07, 6.45) is -0.336. The number of H-pyrrole nitrogens is 1. The number of esters is 1. The molecule has 0 aliphatic carbocycles. The second-order valence-corrected chi connectivity index (χ2v) is 6.91. The van der Waals surface area contributed by atoms with Crippen molar-refractivity contribution in [2.75, 3.05) is 20.3 Å². The molecule has 30 heavy (non-hydrogen) atoms. The van der Waals surface area contributed by atoms with Crippen LogP contribution in [0.25, 0.3) is 10.9 Å². The van der Waals surface area contributed by atoms with Crippen molar-refractivity contribution in [1.29, 1.82) is 0 Å². The quantitative estimate of drug-likeness (QED) is 0.621. The number of carbonyl (C=O) groups is 1. The van der Waals surface area contributed by atoms with Gasteiger partial charge in [-0.25, -0.2) is 4.79 Å². The van der Waals surface area contributed by atoms with Crippen LogP contribution in [-0.2, 0) is 9.53 Å². The van der Waals surface area contributed by atoms with Gasteiger partial charge in [0, 0.05) is 29.0 Å². The first-order chi connectivity index (χ1) is 14.4. The van der Waals surface area contributed by atoms with E-state index >= 15 is 0 Å². The smallest absolute Gasteiger partial charge is 0.343 e. The van der Waals surface area contributed by atoms with Gasteiger partial charge in [0.1, 0.15) is 24.7 Å². The molecule has 2 aromatic heterocycles. The second-order valence-electron chi connectivity index (χ2n) is 6.91. The van der Waals surface area contributed by atoms with Crippen molar-refractivity contribution in [1.82, 2.24) is 4.98 Å². The van der Waals surface area contributed by atoms with E-state index in [-0.39, 0.29) is 29.1 Å². The number of hydrogen-bond donors (Lipinski definition) is 2. The largest absolute Gasteiger partial charge is 0.507 e. The van der Waals surface area contributed by atoms with Gasteiger partial charge in [0.2, 0.25) is 0 Å². The number of nitrogens with one attached hydrogen (secondary N) is 1. The fourth-order valence-electron chi connectivity index (χ4n) is 3.56. The maximum Gasteiger partial charge on any atom is 0.343 e. The zero-order valence-electron chi connectivity index (χ0n) is 16.3. The lowest BCUT2D eigenvalue weighted by atomic mass is 9.89. The Bertz CT molecular complexity index is 1260. The number of benzene rings is 1. The van der Waals surface area contributed by atoms with E-state index in [0.29, 0.717) is 35.6 Å². The third-order valence-electron chi connectivity index (χ3n) is 4.95. The molecule has 0 spiro atoms. The zero-order chi connectivity index (χ0) is 21.4. The molecule has 3 aromatic rings. The van der Waals surface area contributed by atoms with Gasteiger partial charge in [-0.15, -0.1) is 0 Å². The third kappa shape index (κ3) is 3.49. The maximum absolute atomic E-state index is 12.9. The minimum Gasteiger partial charge on any atom is -0.507 e. The van der Waals surface area contributed by atoms with E-state index in [9.17, 15) is 19.5 Å². The number of aromatic amines is 1. The Morgan fingerprint density at radius 3 is 2.53 bits per heavy atom. The minimum absolute atomic E-state index is 0.107. The fraction of sp³-hybridized carbons (Fsp3) is 0.286. The third-order valence-corrected chi connectivity index (χ3v) is 4.95. The van der Waals surface area contributed by atoms with Crippen molar-refractivity contribution < 1.29 is 28.5 Å². The molecule has 0 radical (unpaired) electrons. The van der Waals surface area contributed by atoms with Gasteiger partial charge < -0.3 is 28.7 Å². The summed E-state index contributed by atoms with van der Waals surface area (Å²) in [5, 5.41) is 11.0. The predicted octanol–water partition coefficient (Wildman–Crippen LogP) is 1.96. The molecule has 1 aliphatic heterocycles. The number of hydrogen-bond acceptors (Lipinski definition) is 8. The lowest BCUT2D eigenvalue weighted by molar-refractivity contribution is -0.140. The van der Waals surface area contributed by atoms with Crippen molar-refractivity contribution in [3.8, 4) is 17.2 Å². The van der Waals surface area contributed by atoms with E-state index in [1.807, 2.05) is 0 Å². The van der Waals surface area contributed by atoms with E-state index in [2.05, 4.69) is 4.98 Å². The molecule has 9 heteroatoms. The summed E-state index contributed by atoms with van der Waals surface area (Å²) in [4.78, 5) is 40.1. The Morgan fingerprint density at radius 1 is 1.17 bits per heavy atom. The number of aryl methyl sites for hydroxylation is 1. The molecule has 0 unspecified atom stereocenters. The van der Waals surface area contributed by atoms with Crippen LogP contribution >= 0.6 is 0 Å². The molecule has 0 fully saturated rings. The summed E-state index contributed by atoms with van der Waals surface area (Å²) in [5.74, 6) is -0.848. The Kier molecular flexibility index (Phi) is 4.94. The highest BCUT2D eigenvalue weighted by molar-refractivity contribution is 5.83. The maximum atomic E-state index is 12.9. The highest BCUT2D eigenvalue weighted by Crippen LogP contribution is 2.36. The lowest BCUT2D eigenvalue weighted by Crippen LogP contribution is -2.24. The molecule has 0 saturated carbocycles. The molecule has 1 atom stereocenters. The van der Waals surface area contributed by atoms with Crippen molar-refractivity contribution in [3.63, 3.8) is 0 Å². The number of ether oxygens (including phenoxy) is 3. The van der Waals surface area contributed by atoms with Crippen LogP contribution in [0.1, 0.15) is 29.2 Å². The SMILES string of the molecule is COC(=O)C[C@H](c1cc2cc3c(cc2[nH]c1=O)OCCO3)c1c(O)cc(C)oc1=O. The summed E-state index contributed by atoms with van der Waals surface area (Å²) < 4.78 is 20.9. The molecule has 1 aliphatic rings. The summed E-state index contributed by atoms with van der Waals surface area (Å²) in [6.45, 7) is 2.32. The van der Waals surface area contributed by atoms with Crippen molar-refractivity contribution in [3.05, 3.63) is 61.9 Å². The first kappa shape index (κ1) is 19.6. The molecule has 0 saturated heterocycles. The van der Waals surface area contributed by atoms with Crippen LogP contribution in [0.4, 0.5) is 0 Å². The van der Waals surface area contributed by atoms with Crippen LogP contribution < -0.4 is 20.7 Å². The van der Waals surface area contributed by atoms with Gasteiger partial charge in [-0.1, -0.05) is 0 Å². The van der Waals surface area contributed by atoms with Crippen LogP contribution in [0.15, 0.2) is 38.3 Å². The highest BCUT2D eigenvalue weighted by Gasteiger charge is 2.29. The summed E-state index contributed by atoms with van der Waals surface area (Å²) in [6, 6.07) is 6.18. The van der Waals surface area contributed by atoms with E-state index in [0.717, 1.165) is 0 Å². The standard InChI is InChI=1S/C21H19NO8/c1-10-5-15(23)19(21(26)30-10)12(8-18(24)27-2)13-6-11-7-16-17(29-4-3-28-16)9-14(11)22-20(13)25/h5-7,9,12,23H,3-4,8H2,1-2H3,(H,22,25)/t12-/m1/s1. The van der Waals surface area contributed by atoms with E-state index in [4.69, 9.17) is 18.6 Å². The number of methoxy groups -OCH3 is 1. The number of carbonyl (C=O) groups excluding carboxylic acids is 1. The topological polar surface area (TPSA) is 128 Å². The second kappa shape index (κ2) is 7.58. The molecular weight excluding hydrogens is 394 g/mol. The average molecular weight is 413 g/mol. The van der Waals surface area contributed by atoms with Crippen LogP contribution in [0.3, 0.4) is 0 Å². The molecule has 2 N–H and O–H groups in total. The molecule has 0 amide bonds. The number of pyridine rings is 1. The number of aromatic hydroxyl groups is 1. The van der Waals surface area contributed by atoms with Crippen LogP contribution in [0.2, 0.25) is 0 Å².